The maximum atomic E-state index is 11.4. The van der Waals surface area contributed by atoms with Crippen molar-refractivity contribution >= 4 is 5.69 Å². The van der Waals surface area contributed by atoms with Gasteiger partial charge in [-0.05, 0) is 30.7 Å². The number of aliphatic hydroxyl groups is 1. The van der Waals surface area contributed by atoms with Crippen molar-refractivity contribution in [3.63, 3.8) is 0 Å². The Hall–Kier alpha value is -2.64. The molecule has 0 fully saturated rings. The Kier molecular flexibility index (Phi) is 6.73. The van der Waals surface area contributed by atoms with Gasteiger partial charge in [-0.15, -0.1) is 0 Å². The highest BCUT2D eigenvalue weighted by Gasteiger charge is 2.24. The molecule has 0 heterocycles. The minimum Gasteiger partial charge on any atom is -0.493 e. The normalized spacial score (nSPS) is 11.8. The molecule has 0 unspecified atom stereocenters. The number of aliphatic hydroxyl groups excluding tert-OH is 1. The first-order valence-corrected chi connectivity index (χ1v) is 7.90. The highest BCUT2D eigenvalue weighted by molar-refractivity contribution is 5.60. The molecule has 0 aliphatic heterocycles. The zero-order chi connectivity index (χ0) is 18.2. The quantitative estimate of drug-likeness (QED) is 0.412. The van der Waals surface area contributed by atoms with Crippen LogP contribution >= 0.6 is 0 Å². The minimum absolute atomic E-state index is 0.0905. The van der Waals surface area contributed by atoms with E-state index in [0.29, 0.717) is 30.8 Å². The van der Waals surface area contributed by atoms with Gasteiger partial charge in [0, 0.05) is 12.1 Å². The average Bonchev–Trinajstić information content (AvgIpc) is 2.64. The van der Waals surface area contributed by atoms with Crippen LogP contribution in [0.15, 0.2) is 42.5 Å². The van der Waals surface area contributed by atoms with Gasteiger partial charge >= 0.3 is 5.69 Å². The molecule has 0 bridgehead atoms. The van der Waals surface area contributed by atoms with Crippen LogP contribution < -0.4 is 14.8 Å². The van der Waals surface area contributed by atoms with Crippen molar-refractivity contribution in [2.24, 2.45) is 0 Å². The molecule has 2 N–H and O–H groups in total. The van der Waals surface area contributed by atoms with Crippen LogP contribution in [0.1, 0.15) is 17.2 Å². The number of benzene rings is 2. The molecule has 0 saturated heterocycles. The van der Waals surface area contributed by atoms with E-state index in [0.717, 1.165) is 5.56 Å². The van der Waals surface area contributed by atoms with Crippen LogP contribution in [0.4, 0.5) is 5.69 Å². The summed E-state index contributed by atoms with van der Waals surface area (Å²) in [4.78, 5) is 10.9. The number of hydrogen-bond acceptors (Lipinski definition) is 6. The second-order valence-electron chi connectivity index (χ2n) is 5.45. The Morgan fingerprint density at radius 1 is 1.16 bits per heavy atom. The Bertz CT molecular complexity index is 706. The van der Waals surface area contributed by atoms with Gasteiger partial charge in [-0.2, -0.15) is 0 Å². The minimum atomic E-state index is -0.624. The SMILES string of the molecule is COc1ccc(CCNC[C@@H](O)c2ccccc2)c([N+](=O)[O-])c1OC. The Balaban J connectivity index is 2.00. The maximum Gasteiger partial charge on any atom is 0.318 e. The van der Waals surface area contributed by atoms with Crippen molar-refractivity contribution in [3.05, 3.63) is 63.7 Å². The second kappa shape index (κ2) is 9.00. The highest BCUT2D eigenvalue weighted by atomic mass is 16.6. The number of methoxy groups -OCH3 is 2. The number of hydrogen-bond donors (Lipinski definition) is 2. The van der Waals surface area contributed by atoms with E-state index >= 15 is 0 Å². The summed E-state index contributed by atoms with van der Waals surface area (Å²) in [7, 11) is 2.82. The van der Waals surface area contributed by atoms with Crippen LogP contribution in [0.3, 0.4) is 0 Å². The summed E-state index contributed by atoms with van der Waals surface area (Å²) in [5.74, 6) is 0.444. The van der Waals surface area contributed by atoms with Gasteiger partial charge in [0.05, 0.1) is 25.2 Å². The summed E-state index contributed by atoms with van der Waals surface area (Å²) in [6, 6.07) is 12.6. The largest absolute Gasteiger partial charge is 0.493 e. The summed E-state index contributed by atoms with van der Waals surface area (Å²) in [6.45, 7) is 0.852. The second-order valence-corrected chi connectivity index (χ2v) is 5.45. The van der Waals surface area contributed by atoms with Crippen LogP contribution in [0, 0.1) is 10.1 Å². The number of rotatable bonds is 9. The third-order valence-electron chi connectivity index (χ3n) is 3.88. The van der Waals surface area contributed by atoms with Gasteiger partial charge in [0.2, 0.25) is 5.75 Å². The first-order chi connectivity index (χ1) is 12.1. The number of nitro benzene ring substituents is 1. The van der Waals surface area contributed by atoms with E-state index in [-0.39, 0.29) is 11.4 Å². The van der Waals surface area contributed by atoms with Crippen LogP contribution in [-0.2, 0) is 6.42 Å². The van der Waals surface area contributed by atoms with E-state index in [1.54, 1.807) is 12.1 Å². The van der Waals surface area contributed by atoms with E-state index < -0.39 is 11.0 Å². The smallest absolute Gasteiger partial charge is 0.318 e. The standard InChI is InChI=1S/C18H22N2O5/c1-24-16-9-8-14(17(20(22)23)18(16)25-2)10-11-19-12-15(21)13-6-4-3-5-7-13/h3-9,15,19,21H,10-12H2,1-2H3/t15-/m1/s1. The molecule has 7 nitrogen and oxygen atoms in total. The molecule has 7 heteroatoms. The molecular formula is C18H22N2O5. The van der Waals surface area contributed by atoms with Gasteiger partial charge in [0.15, 0.2) is 5.75 Å². The van der Waals surface area contributed by atoms with Gasteiger partial charge in [-0.3, -0.25) is 10.1 Å². The third-order valence-corrected chi connectivity index (χ3v) is 3.88. The summed E-state index contributed by atoms with van der Waals surface area (Å²) < 4.78 is 10.3. The van der Waals surface area contributed by atoms with Gasteiger partial charge in [-0.1, -0.05) is 30.3 Å². The van der Waals surface area contributed by atoms with Crippen LogP contribution in [-0.4, -0.2) is 37.3 Å². The fourth-order valence-electron chi connectivity index (χ4n) is 2.61. The maximum absolute atomic E-state index is 11.4. The molecule has 0 radical (unpaired) electrons. The lowest BCUT2D eigenvalue weighted by Crippen LogP contribution is -2.24. The van der Waals surface area contributed by atoms with E-state index in [2.05, 4.69) is 5.32 Å². The molecule has 0 aromatic heterocycles. The summed E-state index contributed by atoms with van der Waals surface area (Å²) >= 11 is 0. The van der Waals surface area contributed by atoms with Gasteiger partial charge in [0.25, 0.3) is 0 Å². The zero-order valence-corrected chi connectivity index (χ0v) is 14.3. The molecular weight excluding hydrogens is 324 g/mol. The van der Waals surface area contributed by atoms with Crippen molar-refractivity contribution in [1.29, 1.82) is 0 Å². The molecule has 2 rings (SSSR count). The number of nitrogens with zero attached hydrogens (tertiary/aromatic N) is 1. The summed E-state index contributed by atoms with van der Waals surface area (Å²) in [5, 5.41) is 24.6. The highest BCUT2D eigenvalue weighted by Crippen LogP contribution is 2.39. The third kappa shape index (κ3) is 4.68. The monoisotopic (exact) mass is 346 g/mol. The lowest BCUT2D eigenvalue weighted by atomic mass is 10.1. The first-order valence-electron chi connectivity index (χ1n) is 7.90. The van der Waals surface area contributed by atoms with E-state index in [4.69, 9.17) is 9.47 Å². The molecule has 0 aliphatic carbocycles. The van der Waals surface area contributed by atoms with E-state index in [1.807, 2.05) is 30.3 Å². The molecule has 1 atom stereocenters. The molecule has 0 amide bonds. The number of nitro groups is 1. The van der Waals surface area contributed by atoms with Crippen LogP contribution in [0.2, 0.25) is 0 Å². The van der Waals surface area contributed by atoms with Crippen molar-refractivity contribution < 1.29 is 19.5 Å². The van der Waals surface area contributed by atoms with Crippen molar-refractivity contribution in [2.75, 3.05) is 27.3 Å². The fourth-order valence-corrected chi connectivity index (χ4v) is 2.61. The molecule has 2 aromatic carbocycles. The Labute approximate surface area is 146 Å². The fraction of sp³-hybridized carbons (Fsp3) is 0.333. The van der Waals surface area contributed by atoms with Gasteiger partial charge in [0.1, 0.15) is 0 Å². The predicted molar refractivity (Wildman–Crippen MR) is 94.2 cm³/mol. The molecule has 0 spiro atoms. The Morgan fingerprint density at radius 2 is 1.88 bits per heavy atom. The van der Waals surface area contributed by atoms with Crippen LogP contribution in [0.5, 0.6) is 11.5 Å². The number of ether oxygens (including phenoxy) is 2. The van der Waals surface area contributed by atoms with Gasteiger partial charge < -0.3 is 19.9 Å². The lowest BCUT2D eigenvalue weighted by molar-refractivity contribution is -0.386. The van der Waals surface area contributed by atoms with Gasteiger partial charge in [-0.25, -0.2) is 0 Å². The van der Waals surface area contributed by atoms with E-state index in [1.165, 1.54) is 14.2 Å². The predicted octanol–water partition coefficient (Wildman–Crippen LogP) is 2.48. The topological polar surface area (TPSA) is 93.9 Å². The molecule has 25 heavy (non-hydrogen) atoms. The average molecular weight is 346 g/mol. The number of nitrogens with one attached hydrogen (secondary N) is 1. The van der Waals surface area contributed by atoms with Crippen LogP contribution in [0.25, 0.3) is 0 Å². The molecule has 134 valence electrons. The molecule has 0 saturated carbocycles. The summed E-state index contributed by atoms with van der Waals surface area (Å²) in [6.07, 6.45) is -0.195. The lowest BCUT2D eigenvalue weighted by Gasteiger charge is -2.13. The first kappa shape index (κ1) is 18.7. The van der Waals surface area contributed by atoms with Crippen molar-refractivity contribution in [2.45, 2.75) is 12.5 Å². The molecule has 2 aromatic rings. The van der Waals surface area contributed by atoms with Crippen molar-refractivity contribution in [3.8, 4) is 11.5 Å². The van der Waals surface area contributed by atoms with Crippen molar-refractivity contribution in [1.82, 2.24) is 5.32 Å². The van der Waals surface area contributed by atoms with E-state index in [9.17, 15) is 15.2 Å². The Morgan fingerprint density at radius 3 is 2.48 bits per heavy atom. The summed E-state index contributed by atoms with van der Waals surface area (Å²) in [5.41, 5.74) is 1.28. The zero-order valence-electron chi connectivity index (χ0n) is 14.3. The molecule has 0 aliphatic rings.